The highest BCUT2D eigenvalue weighted by Gasteiger charge is 2.22. The van der Waals surface area contributed by atoms with Gasteiger partial charge in [0.25, 0.3) is 0 Å². The summed E-state index contributed by atoms with van der Waals surface area (Å²) in [6, 6.07) is 0. The van der Waals surface area contributed by atoms with Crippen molar-refractivity contribution in [1.29, 1.82) is 0 Å². The van der Waals surface area contributed by atoms with Crippen molar-refractivity contribution in [2.75, 3.05) is 5.75 Å². The number of rotatable bonds is 2. The van der Waals surface area contributed by atoms with E-state index < -0.39 is 0 Å². The van der Waals surface area contributed by atoms with Crippen molar-refractivity contribution in [1.82, 2.24) is 0 Å². The summed E-state index contributed by atoms with van der Waals surface area (Å²) in [6.07, 6.45) is 5.75. The average Bonchev–Trinajstić information content (AvgIpc) is 2.05. The monoisotopic (exact) mass is 172 g/mol. The third kappa shape index (κ3) is 2.70. The number of thiol groups is 1. The van der Waals surface area contributed by atoms with E-state index in [1.807, 2.05) is 0 Å². The minimum Gasteiger partial charge on any atom is -0.179 e. The van der Waals surface area contributed by atoms with E-state index in [2.05, 4.69) is 26.5 Å². The molecule has 2 atom stereocenters. The minimum absolute atomic E-state index is 0.887. The Bertz CT molecular complexity index is 109. The number of hydrogen-bond acceptors (Lipinski definition) is 1. The van der Waals surface area contributed by atoms with Crippen LogP contribution in [-0.2, 0) is 0 Å². The van der Waals surface area contributed by atoms with E-state index in [1.165, 1.54) is 25.7 Å². The zero-order valence-corrected chi connectivity index (χ0v) is 8.61. The molecule has 1 fully saturated rings. The fourth-order valence-corrected chi connectivity index (χ4v) is 2.44. The van der Waals surface area contributed by atoms with Gasteiger partial charge in [-0.25, -0.2) is 0 Å². The average molecular weight is 172 g/mol. The van der Waals surface area contributed by atoms with Gasteiger partial charge < -0.3 is 0 Å². The Labute approximate surface area is 76.2 Å². The summed E-state index contributed by atoms with van der Waals surface area (Å²) in [7, 11) is 0. The van der Waals surface area contributed by atoms with Gasteiger partial charge in [-0.1, -0.05) is 26.7 Å². The van der Waals surface area contributed by atoms with Gasteiger partial charge in [0.05, 0.1) is 0 Å². The molecule has 0 unspecified atom stereocenters. The largest absolute Gasteiger partial charge is 0.179 e. The van der Waals surface area contributed by atoms with Gasteiger partial charge >= 0.3 is 0 Å². The van der Waals surface area contributed by atoms with Gasteiger partial charge in [0, 0.05) is 0 Å². The lowest BCUT2D eigenvalue weighted by Gasteiger charge is -2.30. The molecule has 0 aliphatic heterocycles. The van der Waals surface area contributed by atoms with Crippen LogP contribution in [0.25, 0.3) is 0 Å². The summed E-state index contributed by atoms with van der Waals surface area (Å²) < 4.78 is 0. The van der Waals surface area contributed by atoms with Gasteiger partial charge in [-0.15, -0.1) is 0 Å². The first-order chi connectivity index (χ1) is 5.24. The Hall–Kier alpha value is 0.350. The van der Waals surface area contributed by atoms with Gasteiger partial charge in [0.1, 0.15) is 0 Å². The van der Waals surface area contributed by atoms with Gasteiger partial charge in [0.15, 0.2) is 0 Å². The Morgan fingerprint density at radius 2 is 2.09 bits per heavy atom. The molecule has 1 heteroatoms. The molecule has 1 rings (SSSR count). The third-order valence-corrected chi connectivity index (χ3v) is 3.54. The first kappa shape index (κ1) is 9.44. The maximum Gasteiger partial charge on any atom is -0.00694 e. The lowest BCUT2D eigenvalue weighted by Crippen LogP contribution is -2.20. The number of hydrogen-bond donors (Lipinski definition) is 1. The van der Waals surface area contributed by atoms with Crippen LogP contribution in [0.1, 0.15) is 39.5 Å². The molecular weight excluding hydrogens is 152 g/mol. The van der Waals surface area contributed by atoms with E-state index in [0.29, 0.717) is 0 Å². The van der Waals surface area contributed by atoms with E-state index in [4.69, 9.17) is 0 Å². The molecule has 0 nitrogen and oxygen atoms in total. The second-order valence-corrected chi connectivity index (χ2v) is 4.58. The van der Waals surface area contributed by atoms with Crippen LogP contribution in [0.3, 0.4) is 0 Å². The van der Waals surface area contributed by atoms with Crippen LogP contribution < -0.4 is 0 Å². The van der Waals surface area contributed by atoms with Crippen LogP contribution in [0, 0.1) is 17.8 Å². The van der Waals surface area contributed by atoms with Crippen LogP contribution in [0.5, 0.6) is 0 Å². The molecule has 1 saturated carbocycles. The molecule has 0 bridgehead atoms. The van der Waals surface area contributed by atoms with Crippen molar-refractivity contribution in [2.45, 2.75) is 39.5 Å². The summed E-state index contributed by atoms with van der Waals surface area (Å²) in [5.74, 6) is 3.89. The Morgan fingerprint density at radius 3 is 2.64 bits per heavy atom. The summed E-state index contributed by atoms with van der Waals surface area (Å²) in [5.41, 5.74) is 0. The van der Waals surface area contributed by atoms with Crippen molar-refractivity contribution in [3.8, 4) is 0 Å². The molecule has 11 heavy (non-hydrogen) atoms. The van der Waals surface area contributed by atoms with E-state index >= 15 is 0 Å². The van der Waals surface area contributed by atoms with Gasteiger partial charge in [0.2, 0.25) is 0 Å². The first-order valence-corrected chi connectivity index (χ1v) is 5.48. The summed E-state index contributed by atoms with van der Waals surface area (Å²) in [5, 5.41) is 0. The second-order valence-electron chi connectivity index (χ2n) is 4.22. The van der Waals surface area contributed by atoms with Crippen LogP contribution in [0.2, 0.25) is 0 Å². The van der Waals surface area contributed by atoms with E-state index in [0.717, 1.165) is 23.5 Å². The van der Waals surface area contributed by atoms with Crippen LogP contribution in [0.4, 0.5) is 0 Å². The zero-order valence-electron chi connectivity index (χ0n) is 7.71. The summed E-state index contributed by atoms with van der Waals surface area (Å²) in [6.45, 7) is 4.71. The Morgan fingerprint density at radius 1 is 1.36 bits per heavy atom. The Kier molecular flexibility index (Phi) is 3.77. The molecule has 0 spiro atoms. The van der Waals surface area contributed by atoms with E-state index in [1.54, 1.807) is 0 Å². The molecule has 66 valence electrons. The highest BCUT2D eigenvalue weighted by Crippen LogP contribution is 2.33. The van der Waals surface area contributed by atoms with Crippen molar-refractivity contribution >= 4 is 12.6 Å². The Balaban J connectivity index is 2.33. The molecule has 0 radical (unpaired) electrons. The molecule has 0 aromatic rings. The van der Waals surface area contributed by atoms with Crippen LogP contribution in [0.15, 0.2) is 0 Å². The predicted octanol–water partition coefficient (Wildman–Crippen LogP) is 3.38. The minimum atomic E-state index is 0.887. The fraction of sp³-hybridized carbons (Fsp3) is 1.00. The molecule has 0 aromatic heterocycles. The highest BCUT2D eigenvalue weighted by molar-refractivity contribution is 7.80. The first-order valence-electron chi connectivity index (χ1n) is 4.85. The zero-order chi connectivity index (χ0) is 8.27. The topological polar surface area (TPSA) is 0 Å². The molecule has 0 saturated heterocycles. The van der Waals surface area contributed by atoms with Crippen molar-refractivity contribution < 1.29 is 0 Å². The molecule has 1 aliphatic carbocycles. The van der Waals surface area contributed by atoms with Crippen molar-refractivity contribution in [2.24, 2.45) is 17.8 Å². The van der Waals surface area contributed by atoms with Crippen LogP contribution >= 0.6 is 12.6 Å². The standard InChI is InChI=1S/C10H20S/c1-8(2)10-5-3-4-9(6-10)7-11/h8-11H,3-7H2,1-2H3/t9-,10-/m0/s1. The molecule has 0 heterocycles. The summed E-state index contributed by atoms with van der Waals surface area (Å²) in [4.78, 5) is 0. The fourth-order valence-electron chi connectivity index (χ4n) is 2.10. The maximum absolute atomic E-state index is 4.37. The smallest absolute Gasteiger partial charge is 0.00694 e. The van der Waals surface area contributed by atoms with Crippen molar-refractivity contribution in [3.63, 3.8) is 0 Å². The third-order valence-electron chi connectivity index (χ3n) is 3.02. The van der Waals surface area contributed by atoms with Gasteiger partial charge in [-0.2, -0.15) is 12.6 Å². The lowest BCUT2D eigenvalue weighted by molar-refractivity contribution is 0.229. The predicted molar refractivity (Wildman–Crippen MR) is 54.1 cm³/mol. The SMILES string of the molecule is CC(C)[C@H]1CCC[C@H](CS)C1. The van der Waals surface area contributed by atoms with Gasteiger partial charge in [-0.3, -0.25) is 0 Å². The molecule has 0 N–H and O–H groups in total. The molecule has 0 aromatic carbocycles. The molecule has 0 amide bonds. The van der Waals surface area contributed by atoms with E-state index in [-0.39, 0.29) is 0 Å². The highest BCUT2D eigenvalue weighted by atomic mass is 32.1. The molecule has 1 aliphatic rings. The lowest BCUT2D eigenvalue weighted by atomic mass is 9.77. The van der Waals surface area contributed by atoms with Gasteiger partial charge in [-0.05, 0) is 36.3 Å². The van der Waals surface area contributed by atoms with Crippen molar-refractivity contribution in [3.05, 3.63) is 0 Å². The second kappa shape index (κ2) is 4.39. The maximum atomic E-state index is 4.37. The molecular formula is C10H20S. The summed E-state index contributed by atoms with van der Waals surface area (Å²) >= 11 is 4.37. The van der Waals surface area contributed by atoms with E-state index in [9.17, 15) is 0 Å². The quantitative estimate of drug-likeness (QED) is 0.607. The van der Waals surface area contributed by atoms with Crippen LogP contribution in [-0.4, -0.2) is 5.75 Å². The normalized spacial score (nSPS) is 32.7.